The van der Waals surface area contributed by atoms with Crippen molar-refractivity contribution in [1.29, 1.82) is 0 Å². The zero-order valence-electron chi connectivity index (χ0n) is 18.1. The van der Waals surface area contributed by atoms with Gasteiger partial charge in [0.2, 0.25) is 5.91 Å². The Hall–Kier alpha value is -3.52. The van der Waals surface area contributed by atoms with E-state index >= 15 is 0 Å². The highest BCUT2D eigenvalue weighted by Crippen LogP contribution is 2.32. The third-order valence-corrected chi connectivity index (χ3v) is 8.00. The average molecular weight is 525 g/mol. The van der Waals surface area contributed by atoms with Crippen LogP contribution in [-0.2, 0) is 14.8 Å². The summed E-state index contributed by atoms with van der Waals surface area (Å²) in [5, 5.41) is 5.10. The highest BCUT2D eigenvalue weighted by atomic mass is 35.5. The van der Waals surface area contributed by atoms with Crippen molar-refractivity contribution in [2.45, 2.75) is 4.90 Å². The van der Waals surface area contributed by atoms with Crippen LogP contribution >= 0.6 is 23.2 Å². The number of hydrogen-bond acceptors (Lipinski definition) is 4. The van der Waals surface area contributed by atoms with Gasteiger partial charge in [0.25, 0.3) is 10.0 Å². The smallest absolute Gasteiger partial charge is 0.264 e. The lowest BCUT2D eigenvalue weighted by Gasteiger charge is -2.24. The molecule has 9 heteroatoms. The first-order chi connectivity index (χ1) is 16.8. The van der Waals surface area contributed by atoms with Crippen LogP contribution in [0.4, 0.5) is 11.4 Å². The predicted octanol–water partition coefficient (Wildman–Crippen LogP) is 6.73. The zero-order chi connectivity index (χ0) is 24.6. The molecule has 1 heterocycles. The fraction of sp³-hybridized carbons (Fsp3) is 0.0385. The third-order valence-electron chi connectivity index (χ3n) is 5.47. The standard InChI is InChI=1S/C26H18Cl2N2O4S/c27-22-13-11-18(15-23(22)28)30(35(32,33)19-6-2-1-3-7-19)16-26(31)29-17-10-12-21-20-8-4-5-9-24(20)34-25(21)14-17/h1-15H,16H2,(H,29,31). The van der Waals surface area contributed by atoms with Gasteiger partial charge in [-0.3, -0.25) is 9.10 Å². The molecule has 1 N–H and O–H groups in total. The normalized spacial score (nSPS) is 11.6. The molecule has 0 saturated carbocycles. The summed E-state index contributed by atoms with van der Waals surface area (Å²) in [6, 6.07) is 25.2. The molecule has 176 valence electrons. The van der Waals surface area contributed by atoms with Crippen molar-refractivity contribution in [3.05, 3.63) is 101 Å². The number of anilines is 2. The molecule has 0 aliphatic heterocycles. The minimum atomic E-state index is -4.07. The molecule has 5 rings (SSSR count). The Morgan fingerprint density at radius 3 is 2.29 bits per heavy atom. The van der Waals surface area contributed by atoms with E-state index in [0.717, 1.165) is 20.7 Å². The number of fused-ring (bicyclic) bond motifs is 3. The van der Waals surface area contributed by atoms with E-state index in [9.17, 15) is 13.2 Å². The SMILES string of the molecule is O=C(CN(c1ccc(Cl)c(Cl)c1)S(=O)(=O)c1ccccc1)Nc1ccc2c(c1)oc1ccccc12. The summed E-state index contributed by atoms with van der Waals surface area (Å²) in [6.07, 6.45) is 0. The van der Waals surface area contributed by atoms with Gasteiger partial charge in [0.15, 0.2) is 0 Å². The van der Waals surface area contributed by atoms with Gasteiger partial charge in [-0.25, -0.2) is 8.42 Å². The number of carbonyl (C=O) groups is 1. The van der Waals surface area contributed by atoms with Crippen LogP contribution in [0.25, 0.3) is 21.9 Å². The molecule has 0 fully saturated rings. The zero-order valence-corrected chi connectivity index (χ0v) is 20.4. The minimum absolute atomic E-state index is 0.0440. The lowest BCUT2D eigenvalue weighted by Crippen LogP contribution is -2.38. The Labute approximate surface area is 211 Å². The summed E-state index contributed by atoms with van der Waals surface area (Å²) >= 11 is 12.2. The summed E-state index contributed by atoms with van der Waals surface area (Å²) in [5.41, 5.74) is 2.05. The minimum Gasteiger partial charge on any atom is -0.456 e. The molecule has 0 radical (unpaired) electrons. The van der Waals surface area contributed by atoms with Gasteiger partial charge in [-0.05, 0) is 48.5 Å². The quantitative estimate of drug-likeness (QED) is 0.267. The van der Waals surface area contributed by atoms with Crippen LogP contribution < -0.4 is 9.62 Å². The number of halogens is 2. The van der Waals surface area contributed by atoms with Crippen molar-refractivity contribution >= 4 is 72.4 Å². The third kappa shape index (κ3) is 4.58. The Bertz CT molecular complexity index is 1670. The maximum absolute atomic E-state index is 13.4. The van der Waals surface area contributed by atoms with Crippen LogP contribution in [0.5, 0.6) is 0 Å². The fourth-order valence-corrected chi connectivity index (χ4v) is 5.54. The van der Waals surface area contributed by atoms with Crippen LogP contribution in [0.15, 0.2) is 100 Å². The summed E-state index contributed by atoms with van der Waals surface area (Å²) in [6.45, 7) is -0.479. The Balaban J connectivity index is 1.46. The van der Waals surface area contributed by atoms with Crippen LogP contribution in [0.1, 0.15) is 0 Å². The highest BCUT2D eigenvalue weighted by Gasteiger charge is 2.27. The highest BCUT2D eigenvalue weighted by molar-refractivity contribution is 7.92. The van der Waals surface area contributed by atoms with E-state index < -0.39 is 22.5 Å². The van der Waals surface area contributed by atoms with Gasteiger partial charge in [0.1, 0.15) is 17.7 Å². The monoisotopic (exact) mass is 524 g/mol. The van der Waals surface area contributed by atoms with Gasteiger partial charge in [-0.15, -0.1) is 0 Å². The average Bonchev–Trinajstić information content (AvgIpc) is 3.22. The summed E-state index contributed by atoms with van der Waals surface area (Å²) in [5.74, 6) is -0.536. The van der Waals surface area contributed by atoms with E-state index in [-0.39, 0.29) is 20.6 Å². The maximum atomic E-state index is 13.4. The second-order valence-electron chi connectivity index (χ2n) is 7.78. The number of furan rings is 1. The van der Waals surface area contributed by atoms with E-state index in [1.54, 1.807) is 30.3 Å². The second kappa shape index (κ2) is 9.26. The number of hydrogen-bond donors (Lipinski definition) is 1. The van der Waals surface area contributed by atoms with Gasteiger partial charge < -0.3 is 9.73 Å². The molecule has 0 saturated heterocycles. The fourth-order valence-electron chi connectivity index (χ4n) is 3.81. The first-order valence-electron chi connectivity index (χ1n) is 10.6. The molecule has 1 amide bonds. The van der Waals surface area contributed by atoms with Crippen molar-refractivity contribution in [3.8, 4) is 0 Å². The second-order valence-corrected chi connectivity index (χ2v) is 10.5. The number of carbonyl (C=O) groups excluding carboxylic acids is 1. The molecular weight excluding hydrogens is 507 g/mol. The molecule has 35 heavy (non-hydrogen) atoms. The summed E-state index contributed by atoms with van der Waals surface area (Å²) in [7, 11) is -4.07. The molecule has 0 unspecified atom stereocenters. The van der Waals surface area contributed by atoms with Crippen LogP contribution in [0.3, 0.4) is 0 Å². The van der Waals surface area contributed by atoms with Crippen molar-refractivity contribution in [2.75, 3.05) is 16.2 Å². The Kier molecular flexibility index (Phi) is 6.15. The number of sulfonamides is 1. The summed E-state index contributed by atoms with van der Waals surface area (Å²) in [4.78, 5) is 13.1. The van der Waals surface area contributed by atoms with Gasteiger partial charge >= 0.3 is 0 Å². The summed E-state index contributed by atoms with van der Waals surface area (Å²) < 4.78 is 33.8. The van der Waals surface area contributed by atoms with Gasteiger partial charge in [0, 0.05) is 22.5 Å². The lowest BCUT2D eigenvalue weighted by molar-refractivity contribution is -0.114. The number of amides is 1. The van der Waals surface area contributed by atoms with Crippen molar-refractivity contribution in [3.63, 3.8) is 0 Å². The van der Waals surface area contributed by atoms with Crippen LogP contribution in [0.2, 0.25) is 10.0 Å². The molecule has 0 aliphatic rings. The van der Waals surface area contributed by atoms with Crippen molar-refractivity contribution in [2.24, 2.45) is 0 Å². The number of nitrogens with zero attached hydrogens (tertiary/aromatic N) is 1. The molecule has 0 atom stereocenters. The molecule has 0 spiro atoms. The Morgan fingerprint density at radius 2 is 1.51 bits per heavy atom. The molecule has 1 aromatic heterocycles. The first kappa shape index (κ1) is 23.2. The first-order valence-corrected chi connectivity index (χ1v) is 12.8. The van der Waals surface area contributed by atoms with E-state index in [1.165, 1.54) is 30.3 Å². The molecule has 0 aliphatic carbocycles. The number of nitrogens with one attached hydrogen (secondary N) is 1. The number of benzene rings is 4. The molecule has 6 nitrogen and oxygen atoms in total. The van der Waals surface area contributed by atoms with E-state index in [4.69, 9.17) is 27.6 Å². The molecular formula is C26H18Cl2N2O4S. The maximum Gasteiger partial charge on any atom is 0.264 e. The number of para-hydroxylation sites is 1. The largest absolute Gasteiger partial charge is 0.456 e. The topological polar surface area (TPSA) is 79.6 Å². The van der Waals surface area contributed by atoms with E-state index in [1.807, 2.05) is 30.3 Å². The van der Waals surface area contributed by atoms with Gasteiger partial charge in [-0.2, -0.15) is 0 Å². The van der Waals surface area contributed by atoms with Gasteiger partial charge in [0.05, 0.1) is 20.6 Å². The van der Waals surface area contributed by atoms with Crippen molar-refractivity contribution in [1.82, 2.24) is 0 Å². The molecule has 0 bridgehead atoms. The van der Waals surface area contributed by atoms with Crippen LogP contribution in [-0.4, -0.2) is 20.9 Å². The Morgan fingerprint density at radius 1 is 0.800 bits per heavy atom. The van der Waals surface area contributed by atoms with E-state index in [0.29, 0.717) is 11.3 Å². The molecule has 4 aromatic carbocycles. The number of rotatable bonds is 6. The predicted molar refractivity (Wildman–Crippen MR) is 140 cm³/mol. The van der Waals surface area contributed by atoms with Gasteiger partial charge in [-0.1, -0.05) is 59.6 Å². The molecule has 5 aromatic rings. The lowest BCUT2D eigenvalue weighted by atomic mass is 10.1. The van der Waals surface area contributed by atoms with Crippen LogP contribution in [0, 0.1) is 0 Å². The van der Waals surface area contributed by atoms with E-state index in [2.05, 4.69) is 5.32 Å². The van der Waals surface area contributed by atoms with Crippen molar-refractivity contribution < 1.29 is 17.6 Å².